The molecule has 0 aliphatic carbocycles. The molecule has 25 heavy (non-hydrogen) atoms. The molecule has 0 spiro atoms. The quantitative estimate of drug-likeness (QED) is 0.783. The van der Waals surface area contributed by atoms with E-state index in [9.17, 15) is 9.90 Å². The number of carbonyl (C=O) groups is 1. The van der Waals surface area contributed by atoms with Crippen LogP contribution in [-0.2, 0) is 0 Å². The summed E-state index contributed by atoms with van der Waals surface area (Å²) < 4.78 is 1.96. The van der Waals surface area contributed by atoms with Crippen LogP contribution in [0.25, 0.3) is 11.3 Å². The number of nitrogens with zero attached hydrogens (tertiary/aromatic N) is 2. The van der Waals surface area contributed by atoms with Gasteiger partial charge in [-0.2, -0.15) is 5.10 Å². The van der Waals surface area contributed by atoms with E-state index in [-0.39, 0.29) is 11.7 Å². The number of benzene rings is 2. The van der Waals surface area contributed by atoms with Gasteiger partial charge in [-0.1, -0.05) is 35.9 Å². The Balaban J connectivity index is 1.87. The Bertz CT molecular complexity index is 987. The Morgan fingerprint density at radius 1 is 1.12 bits per heavy atom. The first-order valence-corrected chi connectivity index (χ1v) is 8.19. The summed E-state index contributed by atoms with van der Waals surface area (Å²) in [5, 5.41) is 19.2. The average Bonchev–Trinajstić information content (AvgIpc) is 2.96. The summed E-state index contributed by atoms with van der Waals surface area (Å²) in [5.41, 5.74) is 7.74. The third-order valence-electron chi connectivity index (χ3n) is 4.60. The molecule has 2 heterocycles. The number of carboxylic acids is 1. The highest BCUT2D eigenvalue weighted by Gasteiger charge is 2.27. The lowest BCUT2D eigenvalue weighted by Gasteiger charge is -2.31. The normalized spacial score (nSPS) is 15.2. The number of aryl methyl sites for hydroxylation is 3. The van der Waals surface area contributed by atoms with Crippen LogP contribution in [0.5, 0.6) is 0 Å². The summed E-state index contributed by atoms with van der Waals surface area (Å²) in [5.74, 6) is -1.17. The maximum absolute atomic E-state index is 11.0. The molecule has 5 nitrogen and oxygen atoms in total. The minimum Gasteiger partial charge on any atom is -0.545 e. The first-order valence-electron chi connectivity index (χ1n) is 8.19. The SMILES string of the molecule is Cc1cc(C)c2c(c1)-c1cc(C)nn1[C@H](c1ccc(C(=O)[O-])cc1)N2. The Kier molecular flexibility index (Phi) is 3.39. The van der Waals surface area contributed by atoms with Crippen molar-refractivity contribution in [2.24, 2.45) is 0 Å². The van der Waals surface area contributed by atoms with Crippen molar-refractivity contribution in [3.8, 4) is 11.3 Å². The minimum atomic E-state index is -1.17. The van der Waals surface area contributed by atoms with Gasteiger partial charge in [0.2, 0.25) is 0 Å². The molecule has 0 saturated heterocycles. The van der Waals surface area contributed by atoms with Crippen LogP contribution in [0.1, 0.15) is 38.9 Å². The van der Waals surface area contributed by atoms with Gasteiger partial charge in [-0.15, -0.1) is 0 Å². The molecule has 3 aromatic rings. The number of anilines is 1. The second-order valence-corrected chi connectivity index (χ2v) is 6.58. The standard InChI is InChI=1S/C20H19N3O2/c1-11-8-12(2)18-16(9-11)17-10-13(3)22-23(17)19(21-18)14-4-6-15(7-5-14)20(24)25/h4-10,19,21H,1-3H3,(H,24,25)/p-1/t19-/m1/s1. The Morgan fingerprint density at radius 2 is 1.84 bits per heavy atom. The van der Waals surface area contributed by atoms with Crippen molar-refractivity contribution in [2.75, 3.05) is 5.32 Å². The van der Waals surface area contributed by atoms with Crippen molar-refractivity contribution in [3.63, 3.8) is 0 Å². The zero-order valence-corrected chi connectivity index (χ0v) is 14.3. The van der Waals surface area contributed by atoms with Crippen LogP contribution in [0.4, 0.5) is 5.69 Å². The molecule has 0 amide bonds. The van der Waals surface area contributed by atoms with Crippen molar-refractivity contribution >= 4 is 11.7 Å². The molecule has 0 unspecified atom stereocenters. The molecule has 1 N–H and O–H groups in total. The molecule has 2 aromatic carbocycles. The van der Waals surface area contributed by atoms with Crippen molar-refractivity contribution in [2.45, 2.75) is 26.9 Å². The van der Waals surface area contributed by atoms with E-state index in [4.69, 9.17) is 0 Å². The number of hydrogen-bond donors (Lipinski definition) is 1. The summed E-state index contributed by atoms with van der Waals surface area (Å²) >= 11 is 0. The summed E-state index contributed by atoms with van der Waals surface area (Å²) in [6.07, 6.45) is -0.187. The van der Waals surface area contributed by atoms with Gasteiger partial charge < -0.3 is 15.2 Å². The lowest BCUT2D eigenvalue weighted by atomic mass is 9.98. The number of nitrogens with one attached hydrogen (secondary N) is 1. The van der Waals surface area contributed by atoms with Crippen LogP contribution in [-0.4, -0.2) is 15.7 Å². The lowest BCUT2D eigenvalue weighted by molar-refractivity contribution is -0.255. The largest absolute Gasteiger partial charge is 0.545 e. The van der Waals surface area contributed by atoms with E-state index in [1.807, 2.05) is 11.6 Å². The fraction of sp³-hybridized carbons (Fsp3) is 0.200. The summed E-state index contributed by atoms with van der Waals surface area (Å²) in [6, 6.07) is 13.1. The first-order chi connectivity index (χ1) is 11.9. The Hall–Kier alpha value is -3.08. The highest BCUT2D eigenvalue weighted by molar-refractivity contribution is 5.86. The van der Waals surface area contributed by atoms with Gasteiger partial charge in [0.15, 0.2) is 0 Å². The van der Waals surface area contributed by atoms with Gasteiger partial charge in [0.05, 0.1) is 17.4 Å². The van der Waals surface area contributed by atoms with Gasteiger partial charge in [-0.25, -0.2) is 4.68 Å². The van der Waals surface area contributed by atoms with Crippen LogP contribution >= 0.6 is 0 Å². The highest BCUT2D eigenvalue weighted by atomic mass is 16.4. The maximum Gasteiger partial charge on any atom is 0.147 e. The molecule has 0 bridgehead atoms. The molecular formula is C20H18N3O2-. The van der Waals surface area contributed by atoms with Crippen LogP contribution in [0.15, 0.2) is 42.5 Å². The van der Waals surface area contributed by atoms with E-state index in [2.05, 4.69) is 42.5 Å². The van der Waals surface area contributed by atoms with Gasteiger partial charge in [0.1, 0.15) is 6.17 Å². The molecule has 126 valence electrons. The van der Waals surface area contributed by atoms with E-state index < -0.39 is 5.97 Å². The van der Waals surface area contributed by atoms with Gasteiger partial charge in [0.25, 0.3) is 0 Å². The predicted molar refractivity (Wildman–Crippen MR) is 94.4 cm³/mol. The smallest absolute Gasteiger partial charge is 0.147 e. The number of fused-ring (bicyclic) bond motifs is 3. The highest BCUT2D eigenvalue weighted by Crippen LogP contribution is 2.40. The molecule has 1 aliphatic heterocycles. The van der Waals surface area contributed by atoms with Crippen molar-refractivity contribution < 1.29 is 9.90 Å². The lowest BCUT2D eigenvalue weighted by Crippen LogP contribution is -2.27. The van der Waals surface area contributed by atoms with Gasteiger partial charge in [-0.3, -0.25) is 0 Å². The number of aromatic nitrogens is 2. The predicted octanol–water partition coefficient (Wildman–Crippen LogP) is 2.81. The van der Waals surface area contributed by atoms with Crippen molar-refractivity contribution in [1.82, 2.24) is 9.78 Å². The second-order valence-electron chi connectivity index (χ2n) is 6.58. The Labute approximate surface area is 145 Å². The number of aromatic carboxylic acids is 1. The van der Waals surface area contributed by atoms with Crippen molar-refractivity contribution in [1.29, 1.82) is 0 Å². The van der Waals surface area contributed by atoms with Gasteiger partial charge in [0, 0.05) is 11.3 Å². The van der Waals surface area contributed by atoms with E-state index in [1.165, 1.54) is 11.1 Å². The molecule has 1 atom stereocenters. The molecule has 0 saturated carbocycles. The van der Waals surface area contributed by atoms with Crippen LogP contribution in [0, 0.1) is 20.8 Å². The molecule has 0 fully saturated rings. The third-order valence-corrected chi connectivity index (χ3v) is 4.60. The van der Waals surface area contributed by atoms with Crippen molar-refractivity contribution in [3.05, 3.63) is 70.4 Å². The topological polar surface area (TPSA) is 70.0 Å². The maximum atomic E-state index is 11.0. The van der Waals surface area contributed by atoms with Crippen LogP contribution in [0.3, 0.4) is 0 Å². The first kappa shape index (κ1) is 15.4. The fourth-order valence-corrected chi connectivity index (χ4v) is 3.50. The van der Waals surface area contributed by atoms with E-state index in [0.29, 0.717) is 0 Å². The number of hydrogen-bond acceptors (Lipinski definition) is 4. The number of carboxylic acid groups (broad SMARTS) is 1. The van der Waals surface area contributed by atoms with Gasteiger partial charge >= 0.3 is 0 Å². The molecular weight excluding hydrogens is 314 g/mol. The molecule has 1 aromatic heterocycles. The summed E-state index contributed by atoms with van der Waals surface area (Å²) in [7, 11) is 0. The number of carbonyl (C=O) groups excluding carboxylic acids is 1. The summed E-state index contributed by atoms with van der Waals surface area (Å²) in [6.45, 7) is 6.16. The van der Waals surface area contributed by atoms with Crippen LogP contribution < -0.4 is 10.4 Å². The zero-order chi connectivity index (χ0) is 17.7. The fourth-order valence-electron chi connectivity index (χ4n) is 3.50. The van der Waals surface area contributed by atoms with Crippen LogP contribution in [0.2, 0.25) is 0 Å². The van der Waals surface area contributed by atoms with E-state index >= 15 is 0 Å². The molecule has 5 heteroatoms. The second kappa shape index (κ2) is 5.48. The van der Waals surface area contributed by atoms with E-state index in [1.54, 1.807) is 24.3 Å². The zero-order valence-electron chi connectivity index (χ0n) is 14.3. The van der Waals surface area contributed by atoms with Gasteiger partial charge in [-0.05, 0) is 49.6 Å². The molecule has 1 aliphatic rings. The average molecular weight is 332 g/mol. The molecule has 0 radical (unpaired) electrons. The van der Waals surface area contributed by atoms with E-state index in [0.717, 1.165) is 28.2 Å². The number of rotatable bonds is 2. The molecule has 4 rings (SSSR count). The third kappa shape index (κ3) is 2.48. The monoisotopic (exact) mass is 332 g/mol. The minimum absolute atomic E-state index is 0.170. The Morgan fingerprint density at radius 3 is 2.52 bits per heavy atom. The summed E-state index contributed by atoms with van der Waals surface area (Å²) in [4.78, 5) is 11.0.